The van der Waals surface area contributed by atoms with Gasteiger partial charge in [0.2, 0.25) is 0 Å². The fourth-order valence-corrected chi connectivity index (χ4v) is 5.69. The monoisotopic (exact) mass is 487 g/mol. The summed E-state index contributed by atoms with van der Waals surface area (Å²) in [5.74, 6) is 1.47. The highest BCUT2D eigenvalue weighted by Gasteiger charge is 2.23. The van der Waals surface area contributed by atoms with Crippen LogP contribution in [0.25, 0.3) is 16.8 Å². The minimum Gasteiger partial charge on any atom is -0.490 e. The van der Waals surface area contributed by atoms with Gasteiger partial charge in [0.15, 0.2) is 0 Å². The van der Waals surface area contributed by atoms with Crippen molar-refractivity contribution in [3.63, 3.8) is 0 Å². The molecule has 2 heterocycles. The number of rotatable bonds is 5. The van der Waals surface area contributed by atoms with Crippen LogP contribution in [0.4, 0.5) is 5.69 Å². The number of nitrogens with one attached hydrogen (secondary N) is 2. The van der Waals surface area contributed by atoms with Crippen molar-refractivity contribution in [1.82, 2.24) is 4.90 Å². The average Bonchev–Trinajstić information content (AvgIpc) is 2.85. The van der Waals surface area contributed by atoms with Gasteiger partial charge in [-0.05, 0) is 59.7 Å². The first-order chi connectivity index (χ1) is 16.9. The molecule has 0 radical (unpaired) electrons. The molecule has 5 rings (SSSR count). The molecule has 0 aliphatic carbocycles. The van der Waals surface area contributed by atoms with Crippen LogP contribution in [0.15, 0.2) is 60.0 Å². The molecule has 180 valence electrons. The SMILES string of the molecule is CC(=N)N1CCC(Oc2ccc3c(c2)C=CS(=O)N3Cc2ccc3ccc(C(=N)N)cc3c2)CC1. The zero-order chi connectivity index (χ0) is 24.5. The molecule has 3 aromatic carbocycles. The Bertz CT molecular complexity index is 1360. The Morgan fingerprint density at radius 2 is 1.83 bits per heavy atom. The van der Waals surface area contributed by atoms with Crippen molar-refractivity contribution in [1.29, 1.82) is 10.8 Å². The normalized spacial score (nSPS) is 17.9. The molecular weight excluding hydrogens is 458 g/mol. The highest BCUT2D eigenvalue weighted by molar-refractivity contribution is 7.89. The molecule has 0 bridgehead atoms. The van der Waals surface area contributed by atoms with Crippen molar-refractivity contribution >= 4 is 45.2 Å². The molecule has 35 heavy (non-hydrogen) atoms. The van der Waals surface area contributed by atoms with E-state index in [9.17, 15) is 4.21 Å². The van der Waals surface area contributed by atoms with Crippen molar-refractivity contribution in [2.75, 3.05) is 17.4 Å². The summed E-state index contributed by atoms with van der Waals surface area (Å²) in [6.45, 7) is 4.01. The second-order valence-electron chi connectivity index (χ2n) is 9.04. The van der Waals surface area contributed by atoms with Gasteiger partial charge < -0.3 is 15.4 Å². The molecule has 0 saturated carbocycles. The molecule has 1 fully saturated rings. The van der Waals surface area contributed by atoms with Crippen molar-refractivity contribution in [3.05, 3.63) is 76.7 Å². The molecule has 7 nitrogen and oxygen atoms in total. The van der Waals surface area contributed by atoms with Gasteiger partial charge in [-0.1, -0.05) is 24.3 Å². The second kappa shape index (κ2) is 9.54. The van der Waals surface area contributed by atoms with Crippen LogP contribution in [-0.4, -0.2) is 40.0 Å². The number of nitrogens with two attached hydrogens (primary N) is 1. The highest BCUT2D eigenvalue weighted by atomic mass is 32.2. The van der Waals surface area contributed by atoms with Gasteiger partial charge in [-0.2, -0.15) is 0 Å². The molecule has 1 atom stereocenters. The van der Waals surface area contributed by atoms with E-state index < -0.39 is 11.0 Å². The summed E-state index contributed by atoms with van der Waals surface area (Å²) in [6.07, 6.45) is 3.83. The fourth-order valence-electron chi connectivity index (χ4n) is 4.65. The lowest BCUT2D eigenvalue weighted by molar-refractivity contribution is 0.130. The van der Waals surface area contributed by atoms with E-state index in [0.29, 0.717) is 17.9 Å². The van der Waals surface area contributed by atoms with E-state index in [1.165, 1.54) is 0 Å². The Labute approximate surface area is 207 Å². The number of likely N-dealkylation sites (tertiary alicyclic amines) is 1. The topological polar surface area (TPSA) is 107 Å². The maximum atomic E-state index is 12.9. The number of nitrogens with zero attached hydrogens (tertiary/aromatic N) is 2. The number of benzene rings is 3. The number of fused-ring (bicyclic) bond motifs is 2. The first-order valence-electron chi connectivity index (χ1n) is 11.7. The van der Waals surface area contributed by atoms with Gasteiger partial charge in [0, 0.05) is 42.5 Å². The average molecular weight is 488 g/mol. The molecule has 0 amide bonds. The van der Waals surface area contributed by atoms with E-state index in [4.69, 9.17) is 21.3 Å². The Hall–Kier alpha value is -3.65. The Kier molecular flexibility index (Phi) is 6.30. The van der Waals surface area contributed by atoms with Gasteiger partial charge in [0.05, 0.1) is 18.1 Å². The predicted octanol–water partition coefficient (Wildman–Crippen LogP) is 4.62. The zero-order valence-electron chi connectivity index (χ0n) is 19.7. The van der Waals surface area contributed by atoms with E-state index in [2.05, 4.69) is 11.0 Å². The first kappa shape index (κ1) is 23.1. The number of hydrogen-bond acceptors (Lipinski definition) is 4. The van der Waals surface area contributed by atoms with E-state index in [0.717, 1.165) is 59.3 Å². The summed E-state index contributed by atoms with van der Waals surface area (Å²) in [6, 6.07) is 17.8. The number of anilines is 1. The van der Waals surface area contributed by atoms with Crippen molar-refractivity contribution < 1.29 is 8.95 Å². The minimum atomic E-state index is -1.27. The third kappa shape index (κ3) is 4.93. The smallest absolute Gasteiger partial charge is 0.145 e. The summed E-state index contributed by atoms with van der Waals surface area (Å²) in [4.78, 5) is 2.08. The summed E-state index contributed by atoms with van der Waals surface area (Å²) < 4.78 is 21.1. The third-order valence-electron chi connectivity index (χ3n) is 6.61. The summed E-state index contributed by atoms with van der Waals surface area (Å²) in [5.41, 5.74) is 9.27. The lowest BCUT2D eigenvalue weighted by Gasteiger charge is -2.33. The quantitative estimate of drug-likeness (QED) is 0.361. The van der Waals surface area contributed by atoms with Crippen molar-refractivity contribution in [2.45, 2.75) is 32.4 Å². The van der Waals surface area contributed by atoms with E-state index in [1.807, 2.05) is 65.8 Å². The number of piperidine rings is 1. The molecular formula is C27H29N5O2S. The molecule has 3 aromatic rings. The van der Waals surface area contributed by atoms with Crippen LogP contribution >= 0.6 is 0 Å². The molecule has 2 aliphatic heterocycles. The Balaban J connectivity index is 1.34. The summed E-state index contributed by atoms with van der Waals surface area (Å²) >= 11 is 0. The van der Waals surface area contributed by atoms with Gasteiger partial charge in [-0.15, -0.1) is 0 Å². The lowest BCUT2D eigenvalue weighted by atomic mass is 10.0. The largest absolute Gasteiger partial charge is 0.490 e. The molecule has 2 aliphatic rings. The summed E-state index contributed by atoms with van der Waals surface area (Å²) in [5, 5.41) is 19.3. The molecule has 1 unspecified atom stereocenters. The van der Waals surface area contributed by atoms with Crippen LogP contribution in [0.3, 0.4) is 0 Å². The van der Waals surface area contributed by atoms with Crippen LogP contribution in [-0.2, 0) is 17.5 Å². The van der Waals surface area contributed by atoms with E-state index in [-0.39, 0.29) is 11.9 Å². The lowest BCUT2D eigenvalue weighted by Crippen LogP contribution is -2.40. The molecule has 1 saturated heterocycles. The third-order valence-corrected chi connectivity index (χ3v) is 7.74. The molecule has 0 aromatic heterocycles. The molecule has 0 spiro atoms. The predicted molar refractivity (Wildman–Crippen MR) is 143 cm³/mol. The van der Waals surface area contributed by atoms with Gasteiger partial charge in [0.1, 0.15) is 28.7 Å². The first-order valence-corrected chi connectivity index (χ1v) is 12.9. The van der Waals surface area contributed by atoms with Gasteiger partial charge in [0.25, 0.3) is 0 Å². The second-order valence-corrected chi connectivity index (χ2v) is 10.3. The Morgan fingerprint density at radius 1 is 1.06 bits per heavy atom. The fraction of sp³-hybridized carbons (Fsp3) is 0.259. The van der Waals surface area contributed by atoms with Crippen LogP contribution in [0.5, 0.6) is 5.75 Å². The molecule has 4 N–H and O–H groups in total. The van der Waals surface area contributed by atoms with Crippen LogP contribution in [0.1, 0.15) is 36.5 Å². The van der Waals surface area contributed by atoms with Gasteiger partial charge >= 0.3 is 0 Å². The highest BCUT2D eigenvalue weighted by Crippen LogP contribution is 2.34. The minimum absolute atomic E-state index is 0.0434. The van der Waals surface area contributed by atoms with Crippen molar-refractivity contribution in [3.8, 4) is 5.75 Å². The van der Waals surface area contributed by atoms with Gasteiger partial charge in [-0.3, -0.25) is 15.1 Å². The maximum absolute atomic E-state index is 12.9. The van der Waals surface area contributed by atoms with Crippen molar-refractivity contribution in [2.24, 2.45) is 5.73 Å². The standard InChI is InChI=1S/C27H29N5O2S/c1-18(28)31-11-8-24(9-12-31)34-25-6-7-26-21(16-25)10-13-35(33)32(26)17-19-2-3-20-4-5-22(27(29)30)15-23(20)14-19/h2-7,10,13-16,24,28H,8-9,11-12,17H2,1H3,(H3,29,30). The maximum Gasteiger partial charge on any atom is 0.145 e. The summed E-state index contributed by atoms with van der Waals surface area (Å²) in [7, 11) is -1.27. The molecule has 8 heteroatoms. The van der Waals surface area contributed by atoms with E-state index >= 15 is 0 Å². The van der Waals surface area contributed by atoms with Crippen LogP contribution in [0, 0.1) is 10.8 Å². The zero-order valence-corrected chi connectivity index (χ0v) is 20.5. The number of hydrogen-bond donors (Lipinski definition) is 3. The van der Waals surface area contributed by atoms with E-state index in [1.54, 1.807) is 5.41 Å². The van der Waals surface area contributed by atoms with Crippen LogP contribution < -0.4 is 14.8 Å². The number of nitrogen functional groups attached to an aromatic ring is 1. The van der Waals surface area contributed by atoms with Crippen LogP contribution in [0.2, 0.25) is 0 Å². The number of amidine groups is 2. The van der Waals surface area contributed by atoms with Gasteiger partial charge in [-0.25, -0.2) is 4.21 Å². The number of ether oxygens (including phenoxy) is 1. The Morgan fingerprint density at radius 3 is 2.57 bits per heavy atom.